The Morgan fingerprint density at radius 2 is 2.40 bits per heavy atom. The van der Waals surface area contributed by atoms with Crippen LogP contribution in [-0.4, -0.2) is 18.0 Å². The maximum atomic E-state index is 12.1. The molecule has 0 amide bonds. The van der Waals surface area contributed by atoms with Gasteiger partial charge in [0.05, 0.1) is 0 Å². The summed E-state index contributed by atoms with van der Waals surface area (Å²) in [6.45, 7) is 8.41. The van der Waals surface area contributed by atoms with Crippen LogP contribution in [-0.2, 0) is 9.53 Å². The van der Waals surface area contributed by atoms with Crippen LogP contribution in [0.4, 0.5) is 0 Å². The molecule has 86 valence electrons. The molecule has 0 bridgehead atoms. The van der Waals surface area contributed by atoms with E-state index >= 15 is 0 Å². The molecule has 2 atom stereocenters. The first-order valence-electron chi connectivity index (χ1n) is 5.93. The Morgan fingerprint density at radius 1 is 1.67 bits per heavy atom. The fraction of sp³-hybridized carbons (Fsp3) is 0.769. The summed E-state index contributed by atoms with van der Waals surface area (Å²) in [7, 11) is 0. The Balaban J connectivity index is 2.76. The first-order chi connectivity index (χ1) is 7.14. The van der Waals surface area contributed by atoms with Crippen LogP contribution in [0.25, 0.3) is 0 Å². The summed E-state index contributed by atoms with van der Waals surface area (Å²) in [5.41, 5.74) is -0.499. The zero-order chi connectivity index (χ0) is 11.3. The third kappa shape index (κ3) is 2.91. The van der Waals surface area contributed by atoms with Crippen LogP contribution in [0.3, 0.4) is 0 Å². The van der Waals surface area contributed by atoms with Crippen LogP contribution in [0.1, 0.15) is 46.0 Å². The summed E-state index contributed by atoms with van der Waals surface area (Å²) < 4.78 is 5.76. The molecule has 2 nitrogen and oxygen atoms in total. The highest BCUT2D eigenvalue weighted by molar-refractivity contribution is 5.88. The van der Waals surface area contributed by atoms with Crippen LogP contribution in [0, 0.1) is 5.92 Å². The molecule has 0 aromatic heterocycles. The number of hydrogen-bond donors (Lipinski definition) is 0. The standard InChI is InChI=1S/C13H22O2/c1-4-7-12(14)13(15-5-2)9-6-8-11(3)10-13/h4,11H,1,5-10H2,2-3H3. The summed E-state index contributed by atoms with van der Waals surface area (Å²) in [4.78, 5) is 12.1. The maximum Gasteiger partial charge on any atom is 0.168 e. The minimum absolute atomic E-state index is 0.214. The lowest BCUT2D eigenvalue weighted by molar-refractivity contribution is -0.150. The van der Waals surface area contributed by atoms with Gasteiger partial charge in [0.1, 0.15) is 5.60 Å². The molecule has 1 aliphatic carbocycles. The van der Waals surface area contributed by atoms with Crippen molar-refractivity contribution in [3.63, 3.8) is 0 Å². The molecule has 0 aromatic rings. The van der Waals surface area contributed by atoms with E-state index < -0.39 is 5.60 Å². The van der Waals surface area contributed by atoms with Gasteiger partial charge in [-0.3, -0.25) is 4.79 Å². The number of rotatable bonds is 5. The average molecular weight is 210 g/mol. The Hall–Kier alpha value is -0.630. The minimum Gasteiger partial charge on any atom is -0.367 e. The smallest absolute Gasteiger partial charge is 0.168 e. The highest BCUT2D eigenvalue weighted by atomic mass is 16.5. The number of hydrogen-bond acceptors (Lipinski definition) is 2. The fourth-order valence-electron chi connectivity index (χ4n) is 2.56. The number of carbonyl (C=O) groups is 1. The fourth-order valence-corrected chi connectivity index (χ4v) is 2.56. The molecular formula is C13H22O2. The quantitative estimate of drug-likeness (QED) is 0.652. The second-order valence-corrected chi connectivity index (χ2v) is 4.54. The summed E-state index contributed by atoms with van der Waals surface area (Å²) in [5.74, 6) is 0.810. The Bertz CT molecular complexity index is 231. The zero-order valence-corrected chi connectivity index (χ0v) is 9.92. The largest absolute Gasteiger partial charge is 0.367 e. The van der Waals surface area contributed by atoms with Crippen molar-refractivity contribution in [2.75, 3.05) is 6.61 Å². The van der Waals surface area contributed by atoms with E-state index in [1.807, 2.05) is 6.92 Å². The average Bonchev–Trinajstić information content (AvgIpc) is 2.18. The molecule has 0 saturated heterocycles. The maximum absolute atomic E-state index is 12.1. The van der Waals surface area contributed by atoms with E-state index in [1.165, 1.54) is 6.42 Å². The first kappa shape index (κ1) is 12.4. The van der Waals surface area contributed by atoms with Crippen LogP contribution < -0.4 is 0 Å². The third-order valence-electron chi connectivity index (χ3n) is 3.21. The van der Waals surface area contributed by atoms with Gasteiger partial charge in [0, 0.05) is 13.0 Å². The van der Waals surface area contributed by atoms with Crippen LogP contribution in [0.2, 0.25) is 0 Å². The van der Waals surface area contributed by atoms with E-state index in [0.717, 1.165) is 19.3 Å². The van der Waals surface area contributed by atoms with Gasteiger partial charge in [-0.2, -0.15) is 0 Å². The zero-order valence-electron chi connectivity index (χ0n) is 9.92. The molecule has 2 unspecified atom stereocenters. The van der Waals surface area contributed by atoms with E-state index in [2.05, 4.69) is 13.5 Å². The highest BCUT2D eigenvalue weighted by Crippen LogP contribution is 2.36. The Morgan fingerprint density at radius 3 is 2.93 bits per heavy atom. The molecule has 0 N–H and O–H groups in total. The number of Topliss-reactive ketones (excluding diaryl/α,β-unsaturated/α-hetero) is 1. The van der Waals surface area contributed by atoms with Gasteiger partial charge in [0.15, 0.2) is 5.78 Å². The third-order valence-corrected chi connectivity index (χ3v) is 3.21. The molecule has 1 aliphatic rings. The van der Waals surface area contributed by atoms with Crippen molar-refractivity contribution in [3.8, 4) is 0 Å². The molecule has 1 saturated carbocycles. The lowest BCUT2D eigenvalue weighted by Crippen LogP contribution is -2.45. The lowest BCUT2D eigenvalue weighted by atomic mass is 9.75. The SMILES string of the molecule is C=CCC(=O)C1(OCC)CCCC(C)C1. The van der Waals surface area contributed by atoms with Crippen molar-refractivity contribution in [1.29, 1.82) is 0 Å². The number of carbonyl (C=O) groups excluding carboxylic acids is 1. The topological polar surface area (TPSA) is 26.3 Å². The molecule has 15 heavy (non-hydrogen) atoms. The summed E-state index contributed by atoms with van der Waals surface area (Å²) in [6, 6.07) is 0. The van der Waals surface area contributed by atoms with Crippen LogP contribution in [0.15, 0.2) is 12.7 Å². The predicted molar refractivity (Wildman–Crippen MR) is 61.8 cm³/mol. The van der Waals surface area contributed by atoms with Gasteiger partial charge in [-0.05, 0) is 32.1 Å². The van der Waals surface area contributed by atoms with Crippen molar-refractivity contribution >= 4 is 5.78 Å². The molecule has 2 heteroatoms. The van der Waals surface area contributed by atoms with Crippen molar-refractivity contribution in [3.05, 3.63) is 12.7 Å². The van der Waals surface area contributed by atoms with E-state index in [9.17, 15) is 4.79 Å². The summed E-state index contributed by atoms with van der Waals surface area (Å²) >= 11 is 0. The molecule has 0 aromatic carbocycles. The lowest BCUT2D eigenvalue weighted by Gasteiger charge is -2.38. The molecule has 1 fully saturated rings. The van der Waals surface area contributed by atoms with Gasteiger partial charge < -0.3 is 4.74 Å². The minimum atomic E-state index is -0.499. The number of allylic oxidation sites excluding steroid dienone is 1. The monoisotopic (exact) mass is 210 g/mol. The highest BCUT2D eigenvalue weighted by Gasteiger charge is 2.41. The van der Waals surface area contributed by atoms with Gasteiger partial charge in [-0.15, -0.1) is 6.58 Å². The predicted octanol–water partition coefficient (Wildman–Crippen LogP) is 3.12. The van der Waals surface area contributed by atoms with E-state index in [-0.39, 0.29) is 5.78 Å². The first-order valence-corrected chi connectivity index (χ1v) is 5.93. The van der Waals surface area contributed by atoms with Gasteiger partial charge in [-0.25, -0.2) is 0 Å². The molecule has 0 spiro atoms. The normalized spacial score (nSPS) is 31.2. The van der Waals surface area contributed by atoms with E-state index in [4.69, 9.17) is 4.74 Å². The van der Waals surface area contributed by atoms with Crippen LogP contribution in [0.5, 0.6) is 0 Å². The number of ether oxygens (including phenoxy) is 1. The van der Waals surface area contributed by atoms with Crippen molar-refractivity contribution in [2.45, 2.75) is 51.6 Å². The van der Waals surface area contributed by atoms with Crippen molar-refractivity contribution in [1.82, 2.24) is 0 Å². The molecule has 0 radical (unpaired) electrons. The second-order valence-electron chi connectivity index (χ2n) is 4.54. The Labute approximate surface area is 92.7 Å². The second kappa shape index (κ2) is 5.45. The molecule has 0 heterocycles. The molecule has 0 aliphatic heterocycles. The van der Waals surface area contributed by atoms with Crippen LogP contribution >= 0.6 is 0 Å². The van der Waals surface area contributed by atoms with Gasteiger partial charge in [0.2, 0.25) is 0 Å². The van der Waals surface area contributed by atoms with Gasteiger partial charge >= 0.3 is 0 Å². The summed E-state index contributed by atoms with van der Waals surface area (Å²) in [5, 5.41) is 0. The number of ketones is 1. The summed E-state index contributed by atoms with van der Waals surface area (Å²) in [6.07, 6.45) is 6.21. The van der Waals surface area contributed by atoms with E-state index in [0.29, 0.717) is 18.9 Å². The van der Waals surface area contributed by atoms with E-state index in [1.54, 1.807) is 6.08 Å². The molecule has 1 rings (SSSR count). The Kier molecular flexibility index (Phi) is 4.52. The van der Waals surface area contributed by atoms with Gasteiger partial charge in [0.25, 0.3) is 0 Å². The van der Waals surface area contributed by atoms with Crippen molar-refractivity contribution < 1.29 is 9.53 Å². The van der Waals surface area contributed by atoms with Crippen molar-refractivity contribution in [2.24, 2.45) is 5.92 Å². The molecular weight excluding hydrogens is 188 g/mol. The van der Waals surface area contributed by atoms with Gasteiger partial charge in [-0.1, -0.05) is 19.4 Å².